The van der Waals surface area contributed by atoms with Crippen LogP contribution < -0.4 is 9.80 Å². The molecule has 0 spiro atoms. The van der Waals surface area contributed by atoms with Crippen LogP contribution in [0.25, 0.3) is 0 Å². The maximum atomic E-state index is 2.89. The normalized spacial score (nSPS) is 25.1. The van der Waals surface area contributed by atoms with Crippen molar-refractivity contribution in [2.45, 2.75) is 162 Å². The lowest BCUT2D eigenvalue weighted by atomic mass is 9.89. The molecule has 2 saturated carbocycles. The maximum Gasteiger partial charge on any atom is 0.0496 e. The topological polar surface area (TPSA) is 6.48 Å². The van der Waals surface area contributed by atoms with Crippen LogP contribution in [0.1, 0.15) is 145 Å². The molecular formula is C45H64N2. The minimum Gasteiger partial charge on any atom is -0.338 e. The van der Waals surface area contributed by atoms with Crippen molar-refractivity contribution >= 4 is 22.7 Å². The molecule has 1 aliphatic heterocycles. The third-order valence-electron chi connectivity index (χ3n) is 12.2. The van der Waals surface area contributed by atoms with Crippen LogP contribution in [0, 0.1) is 25.7 Å². The summed E-state index contributed by atoms with van der Waals surface area (Å²) in [7, 11) is 0. The van der Waals surface area contributed by atoms with Crippen molar-refractivity contribution in [1.29, 1.82) is 0 Å². The SMILES string of the molecule is Cc1ccccc1N(c1ccc2c(c1C)N(C1CCCCCCC(C)CC1)c1ccccc1CC2)C1CCCCCC(C)CCCC1. The average Bonchev–Trinajstić information content (AvgIpc) is 3.27. The molecule has 1 heterocycles. The Hall–Kier alpha value is -2.74. The van der Waals surface area contributed by atoms with E-state index in [0.29, 0.717) is 12.1 Å². The molecule has 2 aliphatic carbocycles. The molecule has 0 bridgehead atoms. The summed E-state index contributed by atoms with van der Waals surface area (Å²) in [6.07, 6.45) is 25.3. The van der Waals surface area contributed by atoms with Gasteiger partial charge < -0.3 is 9.80 Å². The molecule has 3 aromatic rings. The standard InChI is InChI=1S/C45H64N2/c1-34-18-9-7-11-23-40(25-15-12-20-34)46(42-26-16-13-21-36(42)3)43-33-31-39-30-29-38-22-14-17-27-44(38)47(45(39)37(43)4)41-24-10-6-5-8-19-35(2)28-32-41/h13-14,16-17,21-22,26-27,31,33-35,40-41H,5-12,15,18-20,23-25,28-30,32H2,1-4H3. The van der Waals surface area contributed by atoms with Crippen molar-refractivity contribution in [3.63, 3.8) is 0 Å². The van der Waals surface area contributed by atoms with Gasteiger partial charge in [0, 0.05) is 34.8 Å². The van der Waals surface area contributed by atoms with Gasteiger partial charge in [-0.25, -0.2) is 0 Å². The fourth-order valence-electron chi connectivity index (χ4n) is 9.35. The Bertz CT molecular complexity index is 1420. The second-order valence-corrected chi connectivity index (χ2v) is 15.9. The summed E-state index contributed by atoms with van der Waals surface area (Å²) in [6.45, 7) is 9.81. The first-order chi connectivity index (χ1) is 23.0. The first-order valence-electron chi connectivity index (χ1n) is 19.9. The third-order valence-corrected chi connectivity index (χ3v) is 12.2. The van der Waals surface area contributed by atoms with Gasteiger partial charge in [-0.05, 0) is 111 Å². The van der Waals surface area contributed by atoms with Crippen LogP contribution in [0.2, 0.25) is 0 Å². The van der Waals surface area contributed by atoms with E-state index in [1.807, 2.05) is 0 Å². The Morgan fingerprint density at radius 3 is 1.91 bits per heavy atom. The molecule has 2 fully saturated rings. The first kappa shape index (κ1) is 34.1. The molecular weight excluding hydrogens is 569 g/mol. The second-order valence-electron chi connectivity index (χ2n) is 15.9. The molecule has 0 amide bonds. The van der Waals surface area contributed by atoms with Crippen molar-refractivity contribution < 1.29 is 0 Å². The van der Waals surface area contributed by atoms with Gasteiger partial charge in [-0.2, -0.15) is 0 Å². The zero-order chi connectivity index (χ0) is 32.6. The highest BCUT2D eigenvalue weighted by Crippen LogP contribution is 2.47. The maximum absolute atomic E-state index is 2.89. The van der Waals surface area contributed by atoms with E-state index in [2.05, 4.69) is 98.2 Å². The lowest BCUT2D eigenvalue weighted by Crippen LogP contribution is -2.35. The van der Waals surface area contributed by atoms with E-state index in [1.54, 1.807) is 5.56 Å². The molecule has 6 rings (SSSR count). The zero-order valence-electron chi connectivity index (χ0n) is 30.4. The van der Waals surface area contributed by atoms with Crippen LogP contribution >= 0.6 is 0 Å². The molecule has 254 valence electrons. The number of benzene rings is 3. The van der Waals surface area contributed by atoms with Gasteiger partial charge in [-0.3, -0.25) is 0 Å². The number of hydrogen-bond donors (Lipinski definition) is 0. The highest BCUT2D eigenvalue weighted by Gasteiger charge is 2.32. The van der Waals surface area contributed by atoms with Crippen LogP contribution in [0.15, 0.2) is 60.7 Å². The van der Waals surface area contributed by atoms with Crippen LogP contribution in [-0.4, -0.2) is 12.1 Å². The predicted molar refractivity (Wildman–Crippen MR) is 205 cm³/mol. The quantitative estimate of drug-likeness (QED) is 0.282. The summed E-state index contributed by atoms with van der Waals surface area (Å²) in [4.78, 5) is 5.72. The summed E-state index contributed by atoms with van der Waals surface area (Å²) < 4.78 is 0. The molecule has 2 nitrogen and oxygen atoms in total. The molecule has 0 aromatic heterocycles. The molecule has 47 heavy (non-hydrogen) atoms. The Balaban J connectivity index is 1.46. The largest absolute Gasteiger partial charge is 0.338 e. The van der Waals surface area contributed by atoms with Crippen molar-refractivity contribution in [1.82, 2.24) is 0 Å². The zero-order valence-corrected chi connectivity index (χ0v) is 30.4. The van der Waals surface area contributed by atoms with Crippen molar-refractivity contribution in [2.24, 2.45) is 11.8 Å². The van der Waals surface area contributed by atoms with Crippen molar-refractivity contribution in [3.05, 3.63) is 82.9 Å². The average molecular weight is 633 g/mol. The first-order valence-corrected chi connectivity index (χ1v) is 19.9. The van der Waals surface area contributed by atoms with Gasteiger partial charge in [0.2, 0.25) is 0 Å². The Morgan fingerprint density at radius 2 is 1.13 bits per heavy atom. The molecule has 4 unspecified atom stereocenters. The van der Waals surface area contributed by atoms with Crippen LogP contribution in [0.3, 0.4) is 0 Å². The molecule has 0 saturated heterocycles. The Labute approximate surface area is 288 Å². The van der Waals surface area contributed by atoms with Crippen molar-refractivity contribution in [2.75, 3.05) is 9.80 Å². The summed E-state index contributed by atoms with van der Waals surface area (Å²) in [5.74, 6) is 1.70. The summed E-state index contributed by atoms with van der Waals surface area (Å²) in [5, 5.41) is 0. The van der Waals surface area contributed by atoms with Crippen LogP contribution in [0.5, 0.6) is 0 Å². The fraction of sp³-hybridized carbons (Fsp3) is 0.600. The number of nitrogens with zero attached hydrogens (tertiary/aromatic N) is 2. The number of aryl methyl sites for hydroxylation is 3. The van der Waals surface area contributed by atoms with Gasteiger partial charge in [-0.15, -0.1) is 0 Å². The van der Waals surface area contributed by atoms with Crippen LogP contribution in [0.4, 0.5) is 22.7 Å². The van der Waals surface area contributed by atoms with Gasteiger partial charge in [0.15, 0.2) is 0 Å². The monoisotopic (exact) mass is 633 g/mol. The van der Waals surface area contributed by atoms with E-state index in [4.69, 9.17) is 0 Å². The second kappa shape index (κ2) is 16.6. The van der Waals surface area contributed by atoms with Crippen molar-refractivity contribution in [3.8, 4) is 0 Å². The highest BCUT2D eigenvalue weighted by atomic mass is 15.2. The summed E-state index contributed by atoms with van der Waals surface area (Å²) in [5.41, 5.74) is 11.8. The number of hydrogen-bond acceptors (Lipinski definition) is 2. The number of para-hydroxylation sites is 2. The minimum absolute atomic E-state index is 0.530. The van der Waals surface area contributed by atoms with Gasteiger partial charge in [-0.1, -0.05) is 133 Å². The minimum atomic E-state index is 0.530. The number of rotatable bonds is 4. The third kappa shape index (κ3) is 8.29. The lowest BCUT2D eigenvalue weighted by molar-refractivity contribution is 0.387. The van der Waals surface area contributed by atoms with E-state index >= 15 is 0 Å². The Morgan fingerprint density at radius 1 is 0.532 bits per heavy atom. The van der Waals surface area contributed by atoms with E-state index in [0.717, 1.165) is 24.7 Å². The molecule has 0 N–H and O–H groups in total. The summed E-state index contributed by atoms with van der Waals surface area (Å²) >= 11 is 0. The molecule has 2 heteroatoms. The predicted octanol–water partition coefficient (Wildman–Crippen LogP) is 13.3. The fourth-order valence-corrected chi connectivity index (χ4v) is 9.35. The van der Waals surface area contributed by atoms with Gasteiger partial charge in [0.25, 0.3) is 0 Å². The molecule has 0 radical (unpaired) electrons. The van der Waals surface area contributed by atoms with E-state index in [-0.39, 0.29) is 0 Å². The Kier molecular flexibility index (Phi) is 12.0. The smallest absolute Gasteiger partial charge is 0.0496 e. The molecule has 4 atom stereocenters. The van der Waals surface area contributed by atoms with Crippen LogP contribution in [-0.2, 0) is 12.8 Å². The van der Waals surface area contributed by atoms with Gasteiger partial charge in [0.1, 0.15) is 0 Å². The van der Waals surface area contributed by atoms with Gasteiger partial charge >= 0.3 is 0 Å². The lowest BCUT2D eigenvalue weighted by Gasteiger charge is -2.40. The molecule has 3 aliphatic rings. The molecule has 3 aromatic carbocycles. The number of fused-ring (bicyclic) bond motifs is 2. The highest BCUT2D eigenvalue weighted by molar-refractivity contribution is 5.82. The van der Waals surface area contributed by atoms with Gasteiger partial charge in [0.05, 0.1) is 0 Å². The summed E-state index contributed by atoms with van der Waals surface area (Å²) in [6, 6.07) is 24.8. The van der Waals surface area contributed by atoms with E-state index < -0.39 is 0 Å². The van der Waals surface area contributed by atoms with E-state index in [1.165, 1.54) is 149 Å². The van der Waals surface area contributed by atoms with E-state index in [9.17, 15) is 0 Å². The number of anilines is 4.